The first-order chi connectivity index (χ1) is 12.5. The second kappa shape index (κ2) is 6.34. The van der Waals surface area contributed by atoms with Gasteiger partial charge in [0.2, 0.25) is 11.7 Å². The number of halogens is 2. The van der Waals surface area contributed by atoms with Crippen LogP contribution >= 0.6 is 11.6 Å². The van der Waals surface area contributed by atoms with Crippen molar-refractivity contribution in [1.82, 2.24) is 19.7 Å². The van der Waals surface area contributed by atoms with Gasteiger partial charge in [-0.1, -0.05) is 28.9 Å². The summed E-state index contributed by atoms with van der Waals surface area (Å²) in [4.78, 5) is 21.0. The molecule has 2 heterocycles. The fraction of sp³-hybridized carbons (Fsp3) is 0.111. The molecular weight excluding hydrogens is 359 g/mol. The van der Waals surface area contributed by atoms with E-state index in [1.807, 2.05) is 0 Å². The predicted molar refractivity (Wildman–Crippen MR) is 94.5 cm³/mol. The van der Waals surface area contributed by atoms with Gasteiger partial charge in [0.15, 0.2) is 0 Å². The van der Waals surface area contributed by atoms with Crippen LogP contribution in [0.5, 0.6) is 0 Å². The van der Waals surface area contributed by atoms with Crippen LogP contribution in [0.15, 0.2) is 52.0 Å². The van der Waals surface area contributed by atoms with Gasteiger partial charge in [-0.05, 0) is 36.8 Å². The highest BCUT2D eigenvalue weighted by Gasteiger charge is 2.12. The minimum absolute atomic E-state index is 0.0512. The van der Waals surface area contributed by atoms with Crippen molar-refractivity contribution >= 4 is 22.5 Å². The Morgan fingerprint density at radius 1 is 1.23 bits per heavy atom. The molecule has 0 aliphatic heterocycles. The molecule has 0 saturated carbocycles. The summed E-state index contributed by atoms with van der Waals surface area (Å²) in [5.74, 6) is 0.121. The van der Waals surface area contributed by atoms with Crippen LogP contribution in [0.25, 0.3) is 22.3 Å². The zero-order chi connectivity index (χ0) is 18.3. The van der Waals surface area contributed by atoms with E-state index in [0.29, 0.717) is 27.1 Å². The van der Waals surface area contributed by atoms with Gasteiger partial charge in [0.25, 0.3) is 5.56 Å². The summed E-state index contributed by atoms with van der Waals surface area (Å²) in [7, 11) is 0. The van der Waals surface area contributed by atoms with Crippen molar-refractivity contribution in [2.24, 2.45) is 0 Å². The summed E-state index contributed by atoms with van der Waals surface area (Å²) in [6, 6.07) is 9.61. The number of aryl methyl sites for hydroxylation is 1. The summed E-state index contributed by atoms with van der Waals surface area (Å²) >= 11 is 5.95. The minimum atomic E-state index is -0.347. The number of hydrogen-bond donors (Lipinski definition) is 0. The van der Waals surface area contributed by atoms with Crippen LogP contribution in [0.4, 0.5) is 4.39 Å². The molecule has 4 aromatic rings. The molecule has 8 heteroatoms. The number of fused-ring (bicyclic) bond motifs is 1. The normalized spacial score (nSPS) is 11.2. The molecule has 6 nitrogen and oxygen atoms in total. The molecule has 0 aliphatic rings. The molecule has 0 atom stereocenters. The predicted octanol–water partition coefficient (Wildman–Crippen LogP) is 3.60. The van der Waals surface area contributed by atoms with Crippen molar-refractivity contribution < 1.29 is 8.91 Å². The van der Waals surface area contributed by atoms with Gasteiger partial charge < -0.3 is 4.52 Å². The lowest BCUT2D eigenvalue weighted by Crippen LogP contribution is -2.21. The van der Waals surface area contributed by atoms with Gasteiger partial charge in [0.1, 0.15) is 12.4 Å². The first kappa shape index (κ1) is 16.4. The lowest BCUT2D eigenvalue weighted by atomic mass is 10.1. The maximum absolute atomic E-state index is 13.7. The topological polar surface area (TPSA) is 73.8 Å². The molecule has 0 amide bonds. The number of aromatic nitrogens is 4. The van der Waals surface area contributed by atoms with Gasteiger partial charge in [0, 0.05) is 10.6 Å². The van der Waals surface area contributed by atoms with Crippen LogP contribution in [-0.4, -0.2) is 19.7 Å². The number of nitrogens with zero attached hydrogens (tertiary/aromatic N) is 4. The first-order valence-corrected chi connectivity index (χ1v) is 8.13. The molecule has 2 aromatic carbocycles. The van der Waals surface area contributed by atoms with Gasteiger partial charge in [-0.3, -0.25) is 9.36 Å². The second-order valence-corrected chi connectivity index (χ2v) is 6.25. The summed E-state index contributed by atoms with van der Waals surface area (Å²) in [5, 5.41) is 4.71. The fourth-order valence-electron chi connectivity index (χ4n) is 2.56. The molecule has 0 fully saturated rings. The fourth-order valence-corrected chi connectivity index (χ4v) is 2.73. The van der Waals surface area contributed by atoms with Gasteiger partial charge in [-0.25, -0.2) is 9.37 Å². The van der Waals surface area contributed by atoms with E-state index in [2.05, 4.69) is 15.1 Å². The van der Waals surface area contributed by atoms with E-state index in [4.69, 9.17) is 16.1 Å². The van der Waals surface area contributed by atoms with Gasteiger partial charge in [0.05, 0.1) is 17.2 Å². The monoisotopic (exact) mass is 370 g/mol. The maximum Gasteiger partial charge on any atom is 0.261 e. The Balaban J connectivity index is 1.67. The number of rotatable bonds is 3. The smallest absolute Gasteiger partial charge is 0.261 e. The summed E-state index contributed by atoms with van der Waals surface area (Å²) < 4.78 is 20.2. The molecule has 2 aromatic heterocycles. The third kappa shape index (κ3) is 2.97. The van der Waals surface area contributed by atoms with Gasteiger partial charge >= 0.3 is 0 Å². The Bertz CT molecular complexity index is 1190. The zero-order valence-electron chi connectivity index (χ0n) is 13.6. The molecule has 0 N–H and O–H groups in total. The standard InChI is InChI=1S/C18H12ClFN4O2/c1-10-2-3-11(6-14(10)20)17-22-16(26-23-17)8-24-9-21-15-5-4-12(19)7-13(15)18(24)25/h2-7,9H,8H2,1H3. The van der Waals surface area contributed by atoms with Crippen LogP contribution in [0, 0.1) is 12.7 Å². The van der Waals surface area contributed by atoms with Gasteiger partial charge in [-0.2, -0.15) is 4.98 Å². The molecular formula is C18H12ClFN4O2. The van der Waals surface area contributed by atoms with E-state index in [1.54, 1.807) is 37.3 Å². The Morgan fingerprint density at radius 2 is 2.08 bits per heavy atom. The van der Waals surface area contributed by atoms with Crippen molar-refractivity contribution in [2.45, 2.75) is 13.5 Å². The minimum Gasteiger partial charge on any atom is -0.337 e. The highest BCUT2D eigenvalue weighted by atomic mass is 35.5. The Hall–Kier alpha value is -3.06. The molecule has 4 rings (SSSR count). The second-order valence-electron chi connectivity index (χ2n) is 5.81. The molecule has 26 heavy (non-hydrogen) atoms. The molecule has 0 saturated heterocycles. The number of hydrogen-bond acceptors (Lipinski definition) is 5. The maximum atomic E-state index is 13.7. The number of benzene rings is 2. The Kier molecular flexibility index (Phi) is 4.00. The molecule has 0 bridgehead atoms. The summed E-state index contributed by atoms with van der Waals surface area (Å²) in [6.45, 7) is 1.72. The zero-order valence-corrected chi connectivity index (χ0v) is 14.4. The highest BCUT2D eigenvalue weighted by molar-refractivity contribution is 6.31. The van der Waals surface area contributed by atoms with Crippen molar-refractivity contribution in [3.8, 4) is 11.4 Å². The van der Waals surface area contributed by atoms with Crippen molar-refractivity contribution in [3.63, 3.8) is 0 Å². The molecule has 0 spiro atoms. The van der Waals surface area contributed by atoms with E-state index in [-0.39, 0.29) is 29.6 Å². The molecule has 0 aliphatic carbocycles. The van der Waals surface area contributed by atoms with Crippen LogP contribution in [0.3, 0.4) is 0 Å². The van der Waals surface area contributed by atoms with Crippen LogP contribution in [-0.2, 0) is 6.54 Å². The molecule has 130 valence electrons. The van der Waals surface area contributed by atoms with Crippen LogP contribution < -0.4 is 5.56 Å². The third-order valence-electron chi connectivity index (χ3n) is 3.99. The van der Waals surface area contributed by atoms with E-state index in [0.717, 1.165) is 0 Å². The molecule has 0 unspecified atom stereocenters. The SMILES string of the molecule is Cc1ccc(-c2noc(Cn3cnc4ccc(Cl)cc4c3=O)n2)cc1F. The van der Waals surface area contributed by atoms with Crippen molar-refractivity contribution in [3.05, 3.63) is 75.4 Å². The highest BCUT2D eigenvalue weighted by Crippen LogP contribution is 2.19. The van der Waals surface area contributed by atoms with Crippen LogP contribution in [0.1, 0.15) is 11.5 Å². The quantitative estimate of drug-likeness (QED) is 0.551. The van der Waals surface area contributed by atoms with Crippen molar-refractivity contribution in [2.75, 3.05) is 0 Å². The van der Waals surface area contributed by atoms with Gasteiger partial charge in [-0.15, -0.1) is 0 Å². The largest absolute Gasteiger partial charge is 0.337 e. The summed E-state index contributed by atoms with van der Waals surface area (Å²) in [6.07, 6.45) is 1.41. The van der Waals surface area contributed by atoms with E-state index < -0.39 is 0 Å². The van der Waals surface area contributed by atoms with E-state index >= 15 is 0 Å². The average molecular weight is 371 g/mol. The molecule has 0 radical (unpaired) electrons. The Morgan fingerprint density at radius 3 is 2.88 bits per heavy atom. The summed E-state index contributed by atoms with van der Waals surface area (Å²) in [5.41, 5.74) is 1.32. The van der Waals surface area contributed by atoms with Crippen molar-refractivity contribution in [1.29, 1.82) is 0 Å². The lowest BCUT2D eigenvalue weighted by molar-refractivity contribution is 0.369. The Labute approximate surface area is 151 Å². The third-order valence-corrected chi connectivity index (χ3v) is 4.22. The van der Waals surface area contributed by atoms with E-state index in [9.17, 15) is 9.18 Å². The average Bonchev–Trinajstić information content (AvgIpc) is 3.09. The van der Waals surface area contributed by atoms with Crippen LogP contribution in [0.2, 0.25) is 5.02 Å². The lowest BCUT2D eigenvalue weighted by Gasteiger charge is -2.03. The van der Waals surface area contributed by atoms with E-state index in [1.165, 1.54) is 17.0 Å². The first-order valence-electron chi connectivity index (χ1n) is 7.75.